The summed E-state index contributed by atoms with van der Waals surface area (Å²) in [5.74, 6) is 0.786. The van der Waals surface area contributed by atoms with E-state index in [2.05, 4.69) is 5.32 Å². The van der Waals surface area contributed by atoms with E-state index in [4.69, 9.17) is 16.3 Å². The third kappa shape index (κ3) is 5.56. The van der Waals surface area contributed by atoms with Gasteiger partial charge in [-0.1, -0.05) is 41.9 Å². The van der Waals surface area contributed by atoms with E-state index in [1.807, 2.05) is 66.6 Å². The van der Waals surface area contributed by atoms with Crippen LogP contribution in [0.25, 0.3) is 6.08 Å². The van der Waals surface area contributed by atoms with Crippen LogP contribution in [0.2, 0.25) is 5.02 Å². The average Bonchev–Trinajstić information content (AvgIpc) is 2.83. The van der Waals surface area contributed by atoms with Gasteiger partial charge in [-0.2, -0.15) is 0 Å². The van der Waals surface area contributed by atoms with Crippen molar-refractivity contribution in [3.63, 3.8) is 0 Å². The number of nitrogens with zero attached hydrogens (tertiary/aromatic N) is 1. The van der Waals surface area contributed by atoms with E-state index in [1.54, 1.807) is 18.9 Å². The zero-order chi connectivity index (χ0) is 23.4. The first-order valence-electron chi connectivity index (χ1n) is 11.3. The molecule has 5 nitrogen and oxygen atoms in total. The normalized spacial score (nSPS) is 23.8. The summed E-state index contributed by atoms with van der Waals surface area (Å²) in [5, 5.41) is 4.09. The Bertz CT molecular complexity index is 1040. The van der Waals surface area contributed by atoms with Gasteiger partial charge in [0, 0.05) is 41.4 Å². The first-order valence-corrected chi connectivity index (χ1v) is 12.5. The second kappa shape index (κ2) is 10.7. The molecule has 7 heteroatoms. The number of likely N-dealkylation sites (N-methyl/N-ethyl adjacent to an activating group) is 1. The number of fused-ring (bicyclic) bond motifs is 1. The molecule has 4 rings (SSSR count). The maximum atomic E-state index is 13.1. The predicted molar refractivity (Wildman–Crippen MR) is 134 cm³/mol. The summed E-state index contributed by atoms with van der Waals surface area (Å²) in [4.78, 5) is 28.5. The van der Waals surface area contributed by atoms with Crippen LogP contribution in [0.5, 0.6) is 5.75 Å². The molecule has 2 aliphatic rings. The zero-order valence-electron chi connectivity index (χ0n) is 18.9. The molecule has 3 atom stereocenters. The molecule has 0 bridgehead atoms. The maximum Gasteiger partial charge on any atom is 0.260 e. The molecule has 3 unspecified atom stereocenters. The van der Waals surface area contributed by atoms with Gasteiger partial charge >= 0.3 is 0 Å². The number of para-hydroxylation sites is 1. The Morgan fingerprint density at radius 3 is 2.73 bits per heavy atom. The molecule has 2 aromatic carbocycles. The molecule has 0 radical (unpaired) electrons. The van der Waals surface area contributed by atoms with Crippen LogP contribution in [0.15, 0.2) is 53.4 Å². The molecule has 2 fully saturated rings. The van der Waals surface area contributed by atoms with Gasteiger partial charge in [-0.3, -0.25) is 9.59 Å². The van der Waals surface area contributed by atoms with Crippen LogP contribution in [0.4, 0.5) is 0 Å². The highest BCUT2D eigenvalue weighted by Crippen LogP contribution is 2.43. The van der Waals surface area contributed by atoms with Gasteiger partial charge in [0.1, 0.15) is 5.75 Å². The predicted octanol–water partition coefficient (Wildman–Crippen LogP) is 4.79. The summed E-state index contributed by atoms with van der Waals surface area (Å²) in [7, 11) is 3.49. The first kappa shape index (κ1) is 23.7. The molecule has 1 saturated carbocycles. The fourth-order valence-corrected chi connectivity index (χ4v) is 6.18. The highest BCUT2D eigenvalue weighted by Gasteiger charge is 2.42. The molecular formula is C26H29ClN2O3S. The van der Waals surface area contributed by atoms with Crippen LogP contribution in [0, 0.1) is 5.92 Å². The lowest BCUT2D eigenvalue weighted by molar-refractivity contribution is -0.131. The lowest BCUT2D eigenvalue weighted by atomic mass is 9.83. The summed E-state index contributed by atoms with van der Waals surface area (Å²) in [6.07, 6.45) is 5.15. The second-order valence-corrected chi connectivity index (χ2v) is 10.3. The van der Waals surface area contributed by atoms with E-state index >= 15 is 0 Å². The Labute approximate surface area is 204 Å². The molecular weight excluding hydrogens is 456 g/mol. The number of amides is 2. The number of hydrogen-bond acceptors (Lipinski definition) is 4. The molecule has 0 aromatic heterocycles. The SMILES string of the molecule is COc1ccccc1/C=C1/SC2CCC(C(=O)NCCc3ccc(Cl)cc3)CC2N(C)C1=O. The van der Waals surface area contributed by atoms with Crippen LogP contribution >= 0.6 is 23.4 Å². The molecule has 33 heavy (non-hydrogen) atoms. The minimum Gasteiger partial charge on any atom is -0.496 e. The topological polar surface area (TPSA) is 58.6 Å². The smallest absolute Gasteiger partial charge is 0.260 e. The number of nitrogens with one attached hydrogen (secondary N) is 1. The number of ether oxygens (including phenoxy) is 1. The third-order valence-corrected chi connectivity index (χ3v) is 8.14. The van der Waals surface area contributed by atoms with Crippen molar-refractivity contribution in [3.8, 4) is 5.75 Å². The fourth-order valence-electron chi connectivity index (χ4n) is 4.59. The van der Waals surface area contributed by atoms with E-state index in [-0.39, 0.29) is 23.8 Å². The number of carbonyl (C=O) groups is 2. The lowest BCUT2D eigenvalue weighted by Crippen LogP contribution is -2.52. The fraction of sp³-hybridized carbons (Fsp3) is 0.385. The van der Waals surface area contributed by atoms with Crippen LogP contribution in [-0.4, -0.2) is 48.7 Å². The van der Waals surface area contributed by atoms with Gasteiger partial charge in [0.05, 0.1) is 12.0 Å². The van der Waals surface area contributed by atoms with Crippen LogP contribution in [0.1, 0.15) is 30.4 Å². The Kier molecular flexibility index (Phi) is 7.66. The van der Waals surface area contributed by atoms with Gasteiger partial charge < -0.3 is 15.0 Å². The van der Waals surface area contributed by atoms with Crippen LogP contribution < -0.4 is 10.1 Å². The van der Waals surface area contributed by atoms with Crippen molar-refractivity contribution in [2.45, 2.75) is 37.0 Å². The number of rotatable bonds is 6. The third-order valence-electron chi connectivity index (χ3n) is 6.48. The number of methoxy groups -OCH3 is 1. The number of hydrogen-bond donors (Lipinski definition) is 1. The van der Waals surface area contributed by atoms with Crippen molar-refractivity contribution in [1.29, 1.82) is 0 Å². The second-order valence-electron chi connectivity index (χ2n) is 8.57. The maximum absolute atomic E-state index is 13.1. The van der Waals surface area contributed by atoms with Crippen molar-refractivity contribution in [1.82, 2.24) is 10.2 Å². The number of carbonyl (C=O) groups excluding carboxylic acids is 2. The molecule has 1 aliphatic heterocycles. The summed E-state index contributed by atoms with van der Waals surface area (Å²) < 4.78 is 5.43. The minimum absolute atomic E-state index is 0.0101. The minimum atomic E-state index is -0.0629. The van der Waals surface area contributed by atoms with Crippen molar-refractivity contribution < 1.29 is 14.3 Å². The van der Waals surface area contributed by atoms with Gasteiger partial charge in [0.25, 0.3) is 5.91 Å². The van der Waals surface area contributed by atoms with Crippen molar-refractivity contribution in [2.24, 2.45) is 5.92 Å². The Morgan fingerprint density at radius 1 is 1.21 bits per heavy atom. The monoisotopic (exact) mass is 484 g/mol. The quantitative estimate of drug-likeness (QED) is 0.599. The van der Waals surface area contributed by atoms with Gasteiger partial charge in [-0.15, -0.1) is 11.8 Å². The summed E-state index contributed by atoms with van der Waals surface area (Å²) >= 11 is 7.57. The summed E-state index contributed by atoms with van der Waals surface area (Å²) in [6, 6.07) is 15.5. The van der Waals surface area contributed by atoms with Crippen molar-refractivity contribution in [2.75, 3.05) is 20.7 Å². The molecule has 1 aliphatic carbocycles. The average molecular weight is 485 g/mol. The van der Waals surface area contributed by atoms with E-state index in [0.29, 0.717) is 23.2 Å². The molecule has 1 N–H and O–H groups in total. The van der Waals surface area contributed by atoms with E-state index < -0.39 is 0 Å². The van der Waals surface area contributed by atoms with Crippen molar-refractivity contribution in [3.05, 3.63) is 69.6 Å². The molecule has 1 heterocycles. The standard InChI is InChI=1S/C26H29ClN2O3S/c1-29-21-15-19(25(30)28-14-13-17-7-10-20(27)11-8-17)9-12-23(21)33-24(26(29)31)16-18-5-3-4-6-22(18)32-2/h3-8,10-11,16,19,21,23H,9,12-15H2,1-2H3,(H,28,30)/b24-16+. The molecule has 2 aromatic rings. The number of halogens is 1. The lowest BCUT2D eigenvalue weighted by Gasteiger charge is -2.44. The molecule has 2 amide bonds. The highest BCUT2D eigenvalue weighted by molar-refractivity contribution is 8.04. The van der Waals surface area contributed by atoms with Gasteiger partial charge in [0.2, 0.25) is 5.91 Å². The largest absolute Gasteiger partial charge is 0.496 e. The highest BCUT2D eigenvalue weighted by atomic mass is 35.5. The van der Waals surface area contributed by atoms with E-state index in [1.165, 1.54) is 0 Å². The Balaban J connectivity index is 1.36. The van der Waals surface area contributed by atoms with Crippen LogP contribution in [-0.2, 0) is 16.0 Å². The van der Waals surface area contributed by atoms with Crippen molar-refractivity contribution >= 4 is 41.3 Å². The first-order chi connectivity index (χ1) is 16.0. The summed E-state index contributed by atoms with van der Waals surface area (Å²) in [5.41, 5.74) is 2.04. The zero-order valence-corrected chi connectivity index (χ0v) is 20.5. The van der Waals surface area contributed by atoms with E-state index in [9.17, 15) is 9.59 Å². The van der Waals surface area contributed by atoms with E-state index in [0.717, 1.165) is 41.0 Å². The van der Waals surface area contributed by atoms with Gasteiger partial charge in [-0.05, 0) is 55.5 Å². The molecule has 1 saturated heterocycles. The Hall–Kier alpha value is -2.44. The molecule has 174 valence electrons. The number of benzene rings is 2. The van der Waals surface area contributed by atoms with Gasteiger partial charge in [-0.25, -0.2) is 0 Å². The molecule has 0 spiro atoms. The Morgan fingerprint density at radius 2 is 1.97 bits per heavy atom. The number of thioether (sulfide) groups is 1. The summed E-state index contributed by atoms with van der Waals surface area (Å²) in [6.45, 7) is 0.598. The van der Waals surface area contributed by atoms with Gasteiger partial charge in [0.15, 0.2) is 0 Å². The van der Waals surface area contributed by atoms with Crippen LogP contribution in [0.3, 0.4) is 0 Å².